The Kier molecular flexibility index (Phi) is 5.33. The first-order valence-corrected chi connectivity index (χ1v) is 7.49. The predicted octanol–water partition coefficient (Wildman–Crippen LogP) is 0.698. The van der Waals surface area contributed by atoms with Crippen molar-refractivity contribution in [1.29, 1.82) is 0 Å². The number of aliphatic hydroxyl groups is 2. The Bertz CT molecular complexity index is 506. The monoisotopic (exact) mass is 314 g/mol. The van der Waals surface area contributed by atoms with Crippen molar-refractivity contribution in [3.05, 3.63) is 23.8 Å². The summed E-state index contributed by atoms with van der Waals surface area (Å²) in [6.45, 7) is -0.150. The van der Waals surface area contributed by atoms with Gasteiger partial charge in [0.1, 0.15) is 17.8 Å². The molecular formula is C14H18O6S. The van der Waals surface area contributed by atoms with E-state index in [-0.39, 0.29) is 17.4 Å². The van der Waals surface area contributed by atoms with Gasteiger partial charge in [-0.3, -0.25) is 0 Å². The highest BCUT2D eigenvalue weighted by atomic mass is 32.2. The van der Waals surface area contributed by atoms with Crippen LogP contribution in [0, 0.1) is 0 Å². The second-order valence-electron chi connectivity index (χ2n) is 4.53. The van der Waals surface area contributed by atoms with Gasteiger partial charge in [0, 0.05) is 5.75 Å². The Balaban J connectivity index is 2.14. The van der Waals surface area contributed by atoms with Gasteiger partial charge in [-0.05, 0) is 12.1 Å². The van der Waals surface area contributed by atoms with E-state index in [0.29, 0.717) is 17.3 Å². The fraction of sp³-hybridized carbons (Fsp3) is 0.500. The van der Waals surface area contributed by atoms with Crippen LogP contribution >= 0.6 is 11.8 Å². The summed E-state index contributed by atoms with van der Waals surface area (Å²) >= 11 is 1.38. The van der Waals surface area contributed by atoms with Crippen molar-refractivity contribution in [2.24, 2.45) is 0 Å². The third-order valence-electron chi connectivity index (χ3n) is 3.30. The van der Waals surface area contributed by atoms with Crippen molar-refractivity contribution in [1.82, 2.24) is 0 Å². The molecule has 1 saturated heterocycles. The van der Waals surface area contributed by atoms with Gasteiger partial charge in [0.15, 0.2) is 11.5 Å². The molecule has 1 heterocycles. The summed E-state index contributed by atoms with van der Waals surface area (Å²) in [6, 6.07) is 4.91. The average molecular weight is 314 g/mol. The van der Waals surface area contributed by atoms with Crippen LogP contribution in [0.1, 0.15) is 10.4 Å². The maximum Gasteiger partial charge on any atom is 0.342 e. The number of benzene rings is 1. The van der Waals surface area contributed by atoms with Gasteiger partial charge < -0.3 is 24.4 Å². The van der Waals surface area contributed by atoms with Crippen LogP contribution < -0.4 is 9.47 Å². The highest BCUT2D eigenvalue weighted by molar-refractivity contribution is 8.00. The van der Waals surface area contributed by atoms with Crippen LogP contribution in [0.3, 0.4) is 0 Å². The lowest BCUT2D eigenvalue weighted by Crippen LogP contribution is -2.35. The lowest BCUT2D eigenvalue weighted by molar-refractivity contribution is -0.00835. The zero-order valence-corrected chi connectivity index (χ0v) is 12.6. The number of esters is 1. The molecule has 1 aliphatic heterocycles. The van der Waals surface area contributed by atoms with Crippen LogP contribution in [0.25, 0.3) is 0 Å². The fourth-order valence-corrected chi connectivity index (χ4v) is 3.35. The Labute approximate surface area is 127 Å². The largest absolute Gasteiger partial charge is 0.493 e. The molecule has 2 N–H and O–H groups in total. The molecule has 0 aliphatic carbocycles. The number of rotatable bonds is 5. The lowest BCUT2D eigenvalue weighted by atomic mass is 10.1. The van der Waals surface area contributed by atoms with E-state index in [0.717, 1.165) is 0 Å². The topological polar surface area (TPSA) is 85.2 Å². The van der Waals surface area contributed by atoms with Crippen molar-refractivity contribution in [3.8, 4) is 11.5 Å². The third kappa shape index (κ3) is 3.25. The molecule has 7 heteroatoms. The molecule has 3 atom stereocenters. The minimum Gasteiger partial charge on any atom is -0.493 e. The maximum absolute atomic E-state index is 12.2. The summed E-state index contributed by atoms with van der Waals surface area (Å²) in [5.74, 6) is 0.587. The zero-order chi connectivity index (χ0) is 15.4. The standard InChI is InChI=1S/C14H18O6S/c1-18-9-5-3-4-8(13(9)19-2)14(17)20-10-7-21-11(6-15)12(10)16/h3-5,10-12,15-16H,6-7H2,1-2H3. The molecule has 0 spiro atoms. The first-order chi connectivity index (χ1) is 10.1. The molecule has 0 amide bonds. The lowest BCUT2D eigenvalue weighted by Gasteiger charge is -2.18. The van der Waals surface area contributed by atoms with E-state index in [1.165, 1.54) is 26.0 Å². The van der Waals surface area contributed by atoms with E-state index < -0.39 is 18.2 Å². The second kappa shape index (κ2) is 7.02. The van der Waals surface area contributed by atoms with Crippen molar-refractivity contribution < 1.29 is 29.2 Å². The minimum atomic E-state index is -0.874. The Morgan fingerprint density at radius 1 is 1.38 bits per heavy atom. The van der Waals surface area contributed by atoms with Crippen LogP contribution in [-0.4, -0.2) is 60.2 Å². The molecule has 21 heavy (non-hydrogen) atoms. The van der Waals surface area contributed by atoms with Gasteiger partial charge in [-0.1, -0.05) is 6.07 Å². The molecule has 1 aromatic carbocycles. The Morgan fingerprint density at radius 3 is 2.71 bits per heavy atom. The normalized spacial score (nSPS) is 24.7. The summed E-state index contributed by atoms with van der Waals surface area (Å²) in [5, 5.41) is 18.7. The van der Waals surface area contributed by atoms with E-state index in [1.54, 1.807) is 18.2 Å². The number of hydrogen-bond acceptors (Lipinski definition) is 7. The summed E-state index contributed by atoms with van der Waals surface area (Å²) in [4.78, 5) is 12.2. The molecule has 0 saturated carbocycles. The molecule has 1 aliphatic rings. The molecular weight excluding hydrogens is 296 g/mol. The average Bonchev–Trinajstić information content (AvgIpc) is 2.86. The number of carbonyl (C=O) groups is 1. The van der Waals surface area contributed by atoms with E-state index in [1.807, 2.05) is 0 Å². The number of carbonyl (C=O) groups excluding carboxylic acids is 1. The molecule has 0 bridgehead atoms. The number of hydrogen-bond donors (Lipinski definition) is 2. The van der Waals surface area contributed by atoms with Gasteiger partial charge >= 0.3 is 5.97 Å². The minimum absolute atomic E-state index is 0.150. The fourth-order valence-electron chi connectivity index (χ4n) is 2.17. The van der Waals surface area contributed by atoms with Gasteiger partial charge in [0.2, 0.25) is 0 Å². The Morgan fingerprint density at radius 2 is 2.14 bits per heavy atom. The van der Waals surface area contributed by atoms with Gasteiger partial charge in [-0.15, -0.1) is 11.8 Å². The van der Waals surface area contributed by atoms with Gasteiger partial charge in [-0.25, -0.2) is 4.79 Å². The predicted molar refractivity (Wildman–Crippen MR) is 78.1 cm³/mol. The molecule has 6 nitrogen and oxygen atoms in total. The zero-order valence-electron chi connectivity index (χ0n) is 11.8. The van der Waals surface area contributed by atoms with Crippen molar-refractivity contribution in [2.45, 2.75) is 17.5 Å². The van der Waals surface area contributed by atoms with Crippen molar-refractivity contribution in [2.75, 3.05) is 26.6 Å². The van der Waals surface area contributed by atoms with E-state index in [9.17, 15) is 9.90 Å². The van der Waals surface area contributed by atoms with E-state index >= 15 is 0 Å². The van der Waals surface area contributed by atoms with Crippen LogP contribution in [-0.2, 0) is 4.74 Å². The smallest absolute Gasteiger partial charge is 0.342 e. The quantitative estimate of drug-likeness (QED) is 0.774. The Hall–Kier alpha value is -1.44. The molecule has 1 fully saturated rings. The van der Waals surface area contributed by atoms with E-state index in [4.69, 9.17) is 19.3 Å². The highest BCUT2D eigenvalue weighted by Crippen LogP contribution is 2.33. The van der Waals surface area contributed by atoms with Crippen LogP contribution in [0.5, 0.6) is 11.5 Å². The van der Waals surface area contributed by atoms with Crippen molar-refractivity contribution >= 4 is 17.7 Å². The number of para-hydroxylation sites is 1. The molecule has 116 valence electrons. The first-order valence-electron chi connectivity index (χ1n) is 6.44. The van der Waals surface area contributed by atoms with Crippen LogP contribution in [0.4, 0.5) is 0 Å². The third-order valence-corrected chi connectivity index (χ3v) is 4.67. The number of ether oxygens (including phenoxy) is 3. The van der Waals surface area contributed by atoms with Crippen molar-refractivity contribution in [3.63, 3.8) is 0 Å². The molecule has 3 unspecified atom stereocenters. The van der Waals surface area contributed by atoms with E-state index in [2.05, 4.69) is 0 Å². The molecule has 0 aromatic heterocycles. The molecule has 0 radical (unpaired) electrons. The van der Waals surface area contributed by atoms with Gasteiger partial charge in [-0.2, -0.15) is 0 Å². The SMILES string of the molecule is COc1cccc(C(=O)OC2CSC(CO)C2O)c1OC. The summed E-state index contributed by atoms with van der Waals surface area (Å²) < 4.78 is 15.6. The number of aliphatic hydroxyl groups excluding tert-OH is 2. The summed E-state index contributed by atoms with van der Waals surface area (Å²) in [7, 11) is 2.92. The van der Waals surface area contributed by atoms with Gasteiger partial charge in [0.05, 0.1) is 26.1 Å². The van der Waals surface area contributed by atoms with Crippen LogP contribution in [0.2, 0.25) is 0 Å². The molecule has 2 rings (SSSR count). The summed E-state index contributed by atoms with van der Waals surface area (Å²) in [6.07, 6.45) is -1.52. The highest BCUT2D eigenvalue weighted by Gasteiger charge is 2.38. The maximum atomic E-state index is 12.2. The summed E-state index contributed by atoms with van der Waals surface area (Å²) in [5.41, 5.74) is 0.237. The first kappa shape index (κ1) is 15.9. The number of methoxy groups -OCH3 is 2. The second-order valence-corrected chi connectivity index (χ2v) is 5.80. The number of thioether (sulfide) groups is 1. The van der Waals surface area contributed by atoms with Gasteiger partial charge in [0.25, 0.3) is 0 Å². The molecule has 1 aromatic rings. The van der Waals surface area contributed by atoms with Crippen LogP contribution in [0.15, 0.2) is 18.2 Å².